The van der Waals surface area contributed by atoms with E-state index in [9.17, 15) is 48.8 Å². The van der Waals surface area contributed by atoms with E-state index in [4.69, 9.17) is 0 Å². The molecule has 0 saturated carbocycles. The van der Waals surface area contributed by atoms with Gasteiger partial charge in [0.15, 0.2) is 0 Å². The molecule has 0 amide bonds. The third-order valence-corrected chi connectivity index (χ3v) is 9.55. The summed E-state index contributed by atoms with van der Waals surface area (Å²) >= 11 is 0. The molecule has 0 aliphatic rings. The molecule has 25 heteroatoms. The maximum atomic E-state index is 11.9. The Morgan fingerprint density at radius 1 is 0.545 bits per heavy atom. The monoisotopic (exact) mass is 848 g/mol. The van der Waals surface area contributed by atoms with Crippen LogP contribution in [0.5, 0.6) is 0 Å². The van der Waals surface area contributed by atoms with E-state index in [1.807, 2.05) is 0 Å². The number of anilines is 6. The molecule has 0 spiro atoms. The first-order chi connectivity index (χ1) is 23.4. The summed E-state index contributed by atoms with van der Waals surface area (Å²) in [5.41, 5.74) is 0.563. The molecule has 0 unspecified atom stereocenters. The van der Waals surface area contributed by atoms with Gasteiger partial charge in [0, 0.05) is 17.1 Å². The minimum Gasteiger partial charge on any atom is -0.754 e. The Hall–Kier alpha value is -0.770. The van der Waals surface area contributed by atoms with Crippen LogP contribution in [0.3, 0.4) is 0 Å². The first-order valence-electron chi connectivity index (χ1n) is 13.7. The van der Waals surface area contributed by atoms with E-state index in [0.29, 0.717) is 17.1 Å². The second-order valence-electron chi connectivity index (χ2n) is 10.4. The molecule has 0 fully saturated rings. The number of nitrogens with one attached hydrogen (secondary N) is 3. The van der Waals surface area contributed by atoms with Crippen molar-refractivity contribution in [2.75, 3.05) is 16.0 Å². The average molecular weight is 849 g/mol. The summed E-state index contributed by atoms with van der Waals surface area (Å²) in [6.45, 7) is 0. The number of nitrogens with zero attached hydrogens (tertiary/aromatic N) is 3. The van der Waals surface area contributed by atoms with Crippen molar-refractivity contribution in [1.82, 2.24) is 15.0 Å². The second kappa shape index (κ2) is 21.0. The van der Waals surface area contributed by atoms with Gasteiger partial charge in [0.2, 0.25) is 17.8 Å². The summed E-state index contributed by atoms with van der Waals surface area (Å²) in [5.74, 6) is -1.85. The molecule has 3 N–H and O–H groups in total. The fourth-order valence-corrected chi connectivity index (χ4v) is 6.87. The number of carboxylic acids is 1. The van der Waals surface area contributed by atoms with Crippen molar-refractivity contribution < 1.29 is 197 Å². The van der Waals surface area contributed by atoms with E-state index in [-0.39, 0.29) is 199 Å². The molecule has 55 heavy (non-hydrogen) atoms. The molecule has 256 valence electrons. The number of carboxylic acid groups (broad SMARTS) is 1. The maximum absolute atomic E-state index is 11.9. The number of fused-ring (bicyclic) bond motifs is 2. The van der Waals surface area contributed by atoms with E-state index < -0.39 is 51.0 Å². The number of benzene rings is 5. The molecule has 0 saturated heterocycles. The van der Waals surface area contributed by atoms with Gasteiger partial charge in [-0.2, -0.15) is 33.2 Å². The Morgan fingerprint density at radius 3 is 1.49 bits per heavy atom. The first-order valence-corrected chi connectivity index (χ1v) is 17.9. The zero-order valence-electron chi connectivity index (χ0n) is 29.6. The van der Waals surface area contributed by atoms with Gasteiger partial charge < -0.3 is 39.5 Å². The van der Waals surface area contributed by atoms with Crippen molar-refractivity contribution in [1.29, 1.82) is 0 Å². The van der Waals surface area contributed by atoms with Crippen molar-refractivity contribution in [2.45, 2.75) is 14.7 Å². The molecule has 1 aromatic heterocycles. The normalized spacial score (nSPS) is 11.0. The number of aromatic nitrogens is 3. The standard InChI is InChI=1S/C30H21N6O11S3.5Na/c37-27(38)17-4-1-5-19(12-17)31-28-34-29(32-20-7-9-23-16(11-20)3-2-6-25(23)49(42,43)44)36-30(35-28)33-21-8-10-24-18(13-21)14-22(48(39,40)41)15-26(24)50(45,46)47;;;;;/h1,3-15H,(H,37,38)(H,39,40,41)(H,42,43,44)(H,45,46,47)(H3,31,32,33,34,35,36);;;;;/q-1;5*+1/p-4. The fraction of sp³-hybridized carbons (Fsp3) is 0. The van der Waals surface area contributed by atoms with Gasteiger partial charge in [-0.3, -0.25) is 8.42 Å². The van der Waals surface area contributed by atoms with E-state index in [1.54, 1.807) is 0 Å². The van der Waals surface area contributed by atoms with Gasteiger partial charge in [0.1, 0.15) is 20.2 Å². The largest absolute Gasteiger partial charge is 1.00 e. The van der Waals surface area contributed by atoms with Gasteiger partial charge in [-0.05, 0) is 63.7 Å². The first kappa shape index (κ1) is 52.2. The van der Waals surface area contributed by atoms with Crippen molar-refractivity contribution in [3.63, 3.8) is 0 Å². The maximum Gasteiger partial charge on any atom is 1.00 e. The molecule has 5 aromatic carbocycles. The Kier molecular flexibility index (Phi) is 19.9. The Bertz CT molecular complexity index is 2730. The molecule has 6 aromatic rings. The molecule has 0 aliphatic heterocycles. The van der Waals surface area contributed by atoms with E-state index in [2.05, 4.69) is 37.0 Å². The van der Waals surface area contributed by atoms with Crippen LogP contribution in [0, 0.1) is 6.07 Å². The minimum absolute atomic E-state index is 0. The number of hydrogen-bond acceptors (Lipinski definition) is 17. The summed E-state index contributed by atoms with van der Waals surface area (Å²) in [6, 6.07) is 20.2. The van der Waals surface area contributed by atoms with Crippen LogP contribution in [0.2, 0.25) is 0 Å². The van der Waals surface area contributed by atoms with Crippen LogP contribution in [0.15, 0.2) is 99.6 Å². The van der Waals surface area contributed by atoms with Gasteiger partial charge in [-0.25, -0.2) is 16.8 Å². The quantitative estimate of drug-likeness (QED) is 0.0655. The Morgan fingerprint density at radius 2 is 1.02 bits per heavy atom. The summed E-state index contributed by atoms with van der Waals surface area (Å²) in [4.78, 5) is 21.9. The molecule has 0 radical (unpaired) electrons. The third kappa shape index (κ3) is 13.1. The predicted molar refractivity (Wildman–Crippen MR) is 171 cm³/mol. The van der Waals surface area contributed by atoms with Gasteiger partial charge in [-0.15, -0.1) is 10.8 Å². The molecule has 6 rings (SSSR count). The van der Waals surface area contributed by atoms with E-state index in [1.165, 1.54) is 66.7 Å². The number of hydrogen-bond donors (Lipinski definition) is 3. The zero-order valence-corrected chi connectivity index (χ0v) is 42.1. The van der Waals surface area contributed by atoms with Gasteiger partial charge in [-0.1, -0.05) is 30.3 Å². The number of rotatable bonds is 10. The second-order valence-corrected chi connectivity index (χ2v) is 14.5. The fourth-order valence-electron chi connectivity index (χ4n) is 4.87. The summed E-state index contributed by atoms with van der Waals surface area (Å²) in [6.07, 6.45) is 0. The van der Waals surface area contributed by atoms with Gasteiger partial charge in [0.05, 0.1) is 25.9 Å². The summed E-state index contributed by atoms with van der Waals surface area (Å²) in [5, 5.41) is 20.2. The van der Waals surface area contributed by atoms with Crippen molar-refractivity contribution >= 4 is 92.8 Å². The molecule has 0 aliphatic carbocycles. The van der Waals surface area contributed by atoms with Crippen LogP contribution in [0.1, 0.15) is 10.4 Å². The van der Waals surface area contributed by atoms with Gasteiger partial charge in [0.25, 0.3) is 0 Å². The minimum atomic E-state index is -5.20. The van der Waals surface area contributed by atoms with Gasteiger partial charge >= 0.3 is 148 Å². The van der Waals surface area contributed by atoms with Crippen LogP contribution in [0.25, 0.3) is 21.5 Å². The topological polar surface area (TPSA) is 286 Å². The van der Waals surface area contributed by atoms with Crippen molar-refractivity contribution in [3.05, 3.63) is 96.6 Å². The van der Waals surface area contributed by atoms with Crippen LogP contribution in [-0.2, 0) is 30.4 Å². The molecule has 0 bridgehead atoms. The van der Waals surface area contributed by atoms with Crippen molar-refractivity contribution in [3.8, 4) is 0 Å². The van der Waals surface area contributed by atoms with Crippen molar-refractivity contribution in [2.24, 2.45) is 0 Å². The van der Waals surface area contributed by atoms with E-state index in [0.717, 1.165) is 12.1 Å². The third-order valence-electron chi connectivity index (χ3n) is 6.99. The average Bonchev–Trinajstić information content (AvgIpc) is 3.02. The SMILES string of the molecule is O=C([O-])c1cccc(Nc2nc(Nc3ccc4c(S(=O)(=O)[O-])c[c-]cc4c3)nc(Nc3ccc4c(S(=O)(=O)[O-])cc(S(=O)(=O)[O-])cc4c3)n2)c1.[Na+].[Na+].[Na+].[Na+].[Na+]. The van der Waals surface area contributed by atoms with E-state index >= 15 is 0 Å². The van der Waals surface area contributed by atoms with Crippen LogP contribution in [-0.4, -0.2) is 59.8 Å². The molecule has 1 heterocycles. The summed E-state index contributed by atoms with van der Waals surface area (Å²) < 4.78 is 106. The van der Waals surface area contributed by atoms with Crippen LogP contribution in [0.4, 0.5) is 34.9 Å². The number of carbonyl (C=O) groups is 1. The molecular formula is C30H17N6Na5O11S3. The molecule has 0 atom stereocenters. The Balaban J connectivity index is 0.00000302. The summed E-state index contributed by atoms with van der Waals surface area (Å²) in [7, 11) is -15.2. The predicted octanol–water partition coefficient (Wildman–Crippen LogP) is -12.7. The van der Waals surface area contributed by atoms with Crippen LogP contribution >= 0.6 is 0 Å². The zero-order chi connectivity index (χ0) is 36.0. The molecular weight excluding hydrogens is 832 g/mol. The smallest absolute Gasteiger partial charge is 0.754 e. The molecule has 17 nitrogen and oxygen atoms in total. The van der Waals surface area contributed by atoms with Crippen LogP contribution < -0.4 is 169 Å². The Labute approximate surface area is 425 Å². The number of carbonyl (C=O) groups excluding carboxylic acids is 1. The number of aromatic carboxylic acids is 1.